The Balaban J connectivity index is 1.70. The summed E-state index contributed by atoms with van der Waals surface area (Å²) in [6.07, 6.45) is 1.16. The Morgan fingerprint density at radius 2 is 1.83 bits per heavy atom. The topological polar surface area (TPSA) is 81.0 Å². The van der Waals surface area contributed by atoms with Crippen molar-refractivity contribution in [1.29, 1.82) is 5.26 Å². The summed E-state index contributed by atoms with van der Waals surface area (Å²) in [4.78, 5) is 22.5. The fraction of sp³-hybridized carbons (Fsp3) is 0.522. The van der Waals surface area contributed by atoms with E-state index in [9.17, 15) is 4.79 Å². The molecule has 0 spiro atoms. The van der Waals surface area contributed by atoms with Gasteiger partial charge in [0.25, 0.3) is 5.91 Å². The Kier molecular flexibility index (Phi) is 6.05. The molecule has 0 saturated carbocycles. The van der Waals surface area contributed by atoms with E-state index >= 15 is 0 Å². The molecule has 0 aliphatic carbocycles. The van der Waals surface area contributed by atoms with Gasteiger partial charge in [0.15, 0.2) is 5.96 Å². The van der Waals surface area contributed by atoms with E-state index in [1.165, 1.54) is 0 Å². The lowest BCUT2D eigenvalue weighted by Gasteiger charge is -2.37. The van der Waals surface area contributed by atoms with Crippen molar-refractivity contribution in [2.24, 2.45) is 16.8 Å². The summed E-state index contributed by atoms with van der Waals surface area (Å²) in [6.45, 7) is 9.33. The quantitative estimate of drug-likeness (QED) is 0.812. The second-order valence-corrected chi connectivity index (χ2v) is 8.56. The molecular weight excluding hydrogens is 378 g/mol. The fourth-order valence-electron chi connectivity index (χ4n) is 4.56. The summed E-state index contributed by atoms with van der Waals surface area (Å²) < 4.78 is 5.46. The second-order valence-electron chi connectivity index (χ2n) is 8.56. The van der Waals surface area contributed by atoms with Gasteiger partial charge < -0.3 is 19.9 Å². The first-order valence-electron chi connectivity index (χ1n) is 10.7. The van der Waals surface area contributed by atoms with Crippen LogP contribution in [-0.2, 0) is 9.53 Å². The molecule has 4 rings (SSSR count). The number of rotatable bonds is 2. The van der Waals surface area contributed by atoms with Crippen molar-refractivity contribution >= 4 is 17.6 Å². The van der Waals surface area contributed by atoms with Crippen molar-refractivity contribution in [3.8, 4) is 6.07 Å². The van der Waals surface area contributed by atoms with Crippen LogP contribution in [0.25, 0.3) is 5.70 Å². The number of nitrogens with zero attached hydrogens (tertiary/aromatic N) is 4. The maximum Gasteiger partial charge on any atom is 0.253 e. The monoisotopic (exact) mass is 407 g/mol. The first-order chi connectivity index (χ1) is 14.5. The molecule has 2 atom stereocenters. The predicted molar refractivity (Wildman–Crippen MR) is 115 cm³/mol. The van der Waals surface area contributed by atoms with Gasteiger partial charge in [0.05, 0.1) is 42.7 Å². The molecule has 2 unspecified atom stereocenters. The average molecular weight is 408 g/mol. The van der Waals surface area contributed by atoms with Crippen LogP contribution in [0, 0.1) is 23.2 Å². The van der Waals surface area contributed by atoms with E-state index < -0.39 is 0 Å². The van der Waals surface area contributed by atoms with Crippen LogP contribution < -0.4 is 5.32 Å². The molecule has 0 aromatic heterocycles. The molecule has 30 heavy (non-hydrogen) atoms. The number of piperidine rings is 1. The molecule has 1 aromatic rings. The third-order valence-corrected chi connectivity index (χ3v) is 5.94. The Labute approximate surface area is 178 Å². The molecule has 3 aliphatic rings. The minimum absolute atomic E-state index is 0.0602. The summed E-state index contributed by atoms with van der Waals surface area (Å²) in [7, 11) is 0. The van der Waals surface area contributed by atoms with Gasteiger partial charge in [-0.25, -0.2) is 4.99 Å². The average Bonchev–Trinajstić information content (AvgIpc) is 2.78. The van der Waals surface area contributed by atoms with Crippen LogP contribution in [0.15, 0.2) is 34.8 Å². The number of aliphatic imine (C=N–C) groups is 1. The van der Waals surface area contributed by atoms with Crippen LogP contribution in [0.5, 0.6) is 0 Å². The van der Waals surface area contributed by atoms with Gasteiger partial charge in [0, 0.05) is 31.7 Å². The number of nitrogens with one attached hydrogen (secondary N) is 1. The lowest BCUT2D eigenvalue weighted by Crippen LogP contribution is -2.51. The summed E-state index contributed by atoms with van der Waals surface area (Å²) in [5.74, 6) is 1.85. The van der Waals surface area contributed by atoms with E-state index in [-0.39, 0.29) is 5.91 Å². The number of morpholine rings is 1. The highest BCUT2D eigenvalue weighted by molar-refractivity contribution is 6.05. The number of carbonyl (C=O) groups excluding carboxylic acids is 1. The van der Waals surface area contributed by atoms with Crippen LogP contribution in [0.1, 0.15) is 31.4 Å². The number of benzene rings is 1. The molecule has 1 N–H and O–H groups in total. The zero-order valence-corrected chi connectivity index (χ0v) is 17.7. The van der Waals surface area contributed by atoms with Gasteiger partial charge in [-0.1, -0.05) is 26.0 Å². The molecule has 1 aromatic carbocycles. The van der Waals surface area contributed by atoms with E-state index in [0.29, 0.717) is 48.4 Å². The number of nitriles is 1. The molecule has 3 aliphatic heterocycles. The van der Waals surface area contributed by atoms with Crippen molar-refractivity contribution in [1.82, 2.24) is 15.1 Å². The minimum Gasteiger partial charge on any atom is -0.378 e. The van der Waals surface area contributed by atoms with Gasteiger partial charge in [-0.2, -0.15) is 5.26 Å². The van der Waals surface area contributed by atoms with Crippen LogP contribution in [0.2, 0.25) is 0 Å². The minimum atomic E-state index is 0.0602. The summed E-state index contributed by atoms with van der Waals surface area (Å²) in [5, 5.41) is 12.5. The molecule has 158 valence electrons. The zero-order chi connectivity index (χ0) is 21.1. The molecule has 7 heteroatoms. The lowest BCUT2D eigenvalue weighted by atomic mass is 9.91. The maximum atomic E-state index is 13.5. The Bertz CT molecular complexity index is 883. The first kappa shape index (κ1) is 20.4. The third-order valence-electron chi connectivity index (χ3n) is 5.94. The Morgan fingerprint density at radius 1 is 1.17 bits per heavy atom. The number of guanidine groups is 1. The highest BCUT2D eigenvalue weighted by Gasteiger charge is 2.31. The molecule has 7 nitrogen and oxygen atoms in total. The van der Waals surface area contributed by atoms with Crippen molar-refractivity contribution in [2.45, 2.75) is 20.3 Å². The maximum absolute atomic E-state index is 13.5. The van der Waals surface area contributed by atoms with Crippen LogP contribution in [-0.4, -0.2) is 67.6 Å². The summed E-state index contributed by atoms with van der Waals surface area (Å²) >= 11 is 0. The highest BCUT2D eigenvalue weighted by atomic mass is 16.5. The summed E-state index contributed by atoms with van der Waals surface area (Å²) in [6, 6.07) is 9.48. The van der Waals surface area contributed by atoms with Crippen LogP contribution >= 0.6 is 0 Å². The largest absolute Gasteiger partial charge is 0.378 e. The summed E-state index contributed by atoms with van der Waals surface area (Å²) in [5.41, 5.74) is 2.86. The smallest absolute Gasteiger partial charge is 0.253 e. The van der Waals surface area contributed by atoms with Crippen molar-refractivity contribution < 1.29 is 9.53 Å². The predicted octanol–water partition coefficient (Wildman–Crippen LogP) is 2.07. The molecule has 0 radical (unpaired) electrons. The number of hydrogen-bond acceptors (Lipinski definition) is 6. The Morgan fingerprint density at radius 3 is 2.47 bits per heavy atom. The second kappa shape index (κ2) is 8.88. The van der Waals surface area contributed by atoms with E-state index in [1.54, 1.807) is 12.1 Å². The normalized spacial score (nSPS) is 24.8. The molecule has 1 amide bonds. The fourth-order valence-corrected chi connectivity index (χ4v) is 4.56. The van der Waals surface area contributed by atoms with Gasteiger partial charge in [-0.05, 0) is 30.4 Å². The van der Waals surface area contributed by atoms with Gasteiger partial charge in [0.1, 0.15) is 0 Å². The number of hydrogen-bond donors (Lipinski definition) is 1. The van der Waals surface area contributed by atoms with Crippen LogP contribution in [0.4, 0.5) is 0 Å². The van der Waals surface area contributed by atoms with E-state index in [2.05, 4.69) is 30.1 Å². The lowest BCUT2D eigenvalue weighted by molar-refractivity contribution is -0.129. The van der Waals surface area contributed by atoms with E-state index in [4.69, 9.17) is 15.0 Å². The first-order valence-corrected chi connectivity index (χ1v) is 10.7. The van der Waals surface area contributed by atoms with E-state index in [0.717, 1.165) is 44.1 Å². The van der Waals surface area contributed by atoms with Gasteiger partial charge in [0.2, 0.25) is 0 Å². The SMILES string of the molecule is CC1CC(C)CN(C(=O)C2=C(c3ccc(C#N)cc3)N=C(N3CCOCC3)NC2)C1. The van der Waals surface area contributed by atoms with Crippen molar-refractivity contribution in [3.63, 3.8) is 0 Å². The number of ether oxygens (including phenoxy) is 1. The standard InChI is InChI=1S/C23H29N5O2/c1-16-11-17(2)15-28(14-16)22(29)20-13-25-23(27-7-9-30-10-8-27)26-21(20)19-5-3-18(12-24)4-6-19/h3-6,16-17H,7-11,13-15H2,1-2H3,(H,25,26). The third kappa shape index (κ3) is 4.34. The number of amides is 1. The van der Waals surface area contributed by atoms with Crippen molar-refractivity contribution in [3.05, 3.63) is 41.0 Å². The van der Waals surface area contributed by atoms with Gasteiger partial charge in [-0.3, -0.25) is 4.79 Å². The Hall–Kier alpha value is -2.85. The number of likely N-dealkylation sites (tertiary alicyclic amines) is 1. The molecule has 3 heterocycles. The highest BCUT2D eigenvalue weighted by Crippen LogP contribution is 2.28. The molecule has 2 fully saturated rings. The molecule has 2 saturated heterocycles. The van der Waals surface area contributed by atoms with Gasteiger partial charge in [-0.15, -0.1) is 0 Å². The van der Waals surface area contributed by atoms with E-state index in [1.807, 2.05) is 17.0 Å². The van der Waals surface area contributed by atoms with Gasteiger partial charge >= 0.3 is 0 Å². The van der Waals surface area contributed by atoms with Crippen molar-refractivity contribution in [2.75, 3.05) is 45.9 Å². The molecular formula is C23H29N5O2. The van der Waals surface area contributed by atoms with Crippen LogP contribution in [0.3, 0.4) is 0 Å². The molecule has 0 bridgehead atoms. The zero-order valence-electron chi connectivity index (χ0n) is 17.7. The number of carbonyl (C=O) groups is 1.